The zero-order chi connectivity index (χ0) is 12.1. The number of nitrogens with zero attached hydrogens (tertiary/aromatic N) is 2. The molecule has 0 spiro atoms. The van der Waals surface area contributed by atoms with Crippen LogP contribution in [-0.2, 0) is 13.0 Å². The lowest BCUT2D eigenvalue weighted by Gasteiger charge is -2.11. The predicted molar refractivity (Wildman–Crippen MR) is 67.4 cm³/mol. The molecule has 1 N–H and O–H groups in total. The van der Waals surface area contributed by atoms with Crippen LogP contribution in [0.5, 0.6) is 0 Å². The Morgan fingerprint density at radius 3 is 2.12 bits per heavy atom. The maximum absolute atomic E-state index is 4.57. The van der Waals surface area contributed by atoms with Crippen LogP contribution in [-0.4, -0.2) is 17.0 Å². The van der Waals surface area contributed by atoms with Crippen molar-refractivity contribution < 1.29 is 0 Å². The van der Waals surface area contributed by atoms with E-state index < -0.39 is 0 Å². The van der Waals surface area contributed by atoms with Crippen LogP contribution < -0.4 is 5.32 Å². The topological polar surface area (TPSA) is 37.8 Å². The Morgan fingerprint density at radius 1 is 1.12 bits per heavy atom. The second-order valence-corrected chi connectivity index (χ2v) is 4.75. The summed E-state index contributed by atoms with van der Waals surface area (Å²) < 4.78 is 0. The third-order valence-electron chi connectivity index (χ3n) is 2.77. The maximum atomic E-state index is 4.57. The summed E-state index contributed by atoms with van der Waals surface area (Å²) in [6.07, 6.45) is 2.14. The fourth-order valence-corrected chi connectivity index (χ4v) is 1.77. The number of aromatic nitrogens is 2. The Morgan fingerprint density at radius 2 is 1.69 bits per heavy atom. The standard InChI is InChI=1S/C13H23N3/c1-9(2)6-7-13-15-10(3)12(8-14-5)11(4)16-13/h9,14H,6-8H2,1-5H3. The third kappa shape index (κ3) is 3.56. The van der Waals surface area contributed by atoms with E-state index in [1.165, 1.54) is 5.56 Å². The molecule has 1 heterocycles. The predicted octanol–water partition coefficient (Wildman–Crippen LogP) is 2.40. The van der Waals surface area contributed by atoms with Crippen LogP contribution in [0.2, 0.25) is 0 Å². The molecule has 90 valence electrons. The van der Waals surface area contributed by atoms with E-state index >= 15 is 0 Å². The van der Waals surface area contributed by atoms with E-state index in [-0.39, 0.29) is 0 Å². The smallest absolute Gasteiger partial charge is 0.128 e. The first kappa shape index (κ1) is 13.1. The summed E-state index contributed by atoms with van der Waals surface area (Å²) in [5.74, 6) is 1.70. The van der Waals surface area contributed by atoms with Crippen LogP contribution in [0.15, 0.2) is 0 Å². The highest BCUT2D eigenvalue weighted by molar-refractivity contribution is 5.24. The highest BCUT2D eigenvalue weighted by atomic mass is 14.9. The molecule has 16 heavy (non-hydrogen) atoms. The lowest BCUT2D eigenvalue weighted by molar-refractivity contribution is 0.572. The van der Waals surface area contributed by atoms with Gasteiger partial charge in [-0.15, -0.1) is 0 Å². The summed E-state index contributed by atoms with van der Waals surface area (Å²) in [7, 11) is 1.95. The van der Waals surface area contributed by atoms with Crippen molar-refractivity contribution in [3.05, 3.63) is 22.8 Å². The SMILES string of the molecule is CNCc1c(C)nc(CCC(C)C)nc1C. The van der Waals surface area contributed by atoms with Gasteiger partial charge in [-0.1, -0.05) is 13.8 Å². The van der Waals surface area contributed by atoms with E-state index in [2.05, 4.69) is 43.0 Å². The average Bonchev–Trinajstić information content (AvgIpc) is 2.20. The summed E-state index contributed by atoms with van der Waals surface area (Å²) in [6.45, 7) is 9.45. The average molecular weight is 221 g/mol. The van der Waals surface area contributed by atoms with Gasteiger partial charge >= 0.3 is 0 Å². The maximum Gasteiger partial charge on any atom is 0.128 e. The van der Waals surface area contributed by atoms with Crippen LogP contribution >= 0.6 is 0 Å². The van der Waals surface area contributed by atoms with Gasteiger partial charge in [0.05, 0.1) is 0 Å². The molecule has 0 fully saturated rings. The largest absolute Gasteiger partial charge is 0.316 e. The summed E-state index contributed by atoms with van der Waals surface area (Å²) >= 11 is 0. The molecule has 0 bridgehead atoms. The second-order valence-electron chi connectivity index (χ2n) is 4.75. The molecule has 1 aromatic rings. The van der Waals surface area contributed by atoms with E-state index in [0.717, 1.165) is 36.6 Å². The van der Waals surface area contributed by atoms with Gasteiger partial charge in [-0.25, -0.2) is 9.97 Å². The molecule has 0 radical (unpaired) electrons. The lowest BCUT2D eigenvalue weighted by Crippen LogP contribution is -2.12. The molecule has 0 saturated heterocycles. The van der Waals surface area contributed by atoms with Gasteiger partial charge in [-0.2, -0.15) is 0 Å². The fraction of sp³-hybridized carbons (Fsp3) is 0.692. The summed E-state index contributed by atoms with van der Waals surface area (Å²) in [6, 6.07) is 0. The van der Waals surface area contributed by atoms with Crippen LogP contribution in [0.3, 0.4) is 0 Å². The Bertz CT molecular complexity index is 322. The Hall–Kier alpha value is -0.960. The van der Waals surface area contributed by atoms with Crippen molar-refractivity contribution in [1.82, 2.24) is 15.3 Å². The summed E-state index contributed by atoms with van der Waals surface area (Å²) in [4.78, 5) is 9.15. The van der Waals surface area contributed by atoms with Crippen molar-refractivity contribution in [2.75, 3.05) is 7.05 Å². The molecule has 0 aliphatic rings. The molecule has 0 aliphatic heterocycles. The van der Waals surface area contributed by atoms with Crippen molar-refractivity contribution in [2.24, 2.45) is 5.92 Å². The Balaban J connectivity index is 2.82. The van der Waals surface area contributed by atoms with Crippen LogP contribution in [0.4, 0.5) is 0 Å². The van der Waals surface area contributed by atoms with Crippen LogP contribution in [0, 0.1) is 19.8 Å². The van der Waals surface area contributed by atoms with Crippen molar-refractivity contribution in [1.29, 1.82) is 0 Å². The second kappa shape index (κ2) is 5.94. The lowest BCUT2D eigenvalue weighted by atomic mass is 10.1. The Labute approximate surface area is 98.7 Å². The zero-order valence-electron chi connectivity index (χ0n) is 11.1. The number of aryl methyl sites for hydroxylation is 3. The number of hydrogen-bond acceptors (Lipinski definition) is 3. The van der Waals surface area contributed by atoms with Gasteiger partial charge < -0.3 is 5.32 Å². The molecule has 0 aromatic carbocycles. The molecular formula is C13H23N3. The first-order valence-electron chi connectivity index (χ1n) is 6.02. The normalized spacial score (nSPS) is 11.1. The van der Waals surface area contributed by atoms with E-state index in [9.17, 15) is 0 Å². The zero-order valence-corrected chi connectivity index (χ0v) is 11.1. The van der Waals surface area contributed by atoms with Gasteiger partial charge in [-0.3, -0.25) is 0 Å². The van der Waals surface area contributed by atoms with E-state index in [4.69, 9.17) is 0 Å². The summed E-state index contributed by atoms with van der Waals surface area (Å²) in [5.41, 5.74) is 3.46. The molecule has 3 nitrogen and oxygen atoms in total. The molecule has 0 aliphatic carbocycles. The van der Waals surface area contributed by atoms with Gasteiger partial charge in [0.15, 0.2) is 0 Å². The number of rotatable bonds is 5. The molecule has 0 atom stereocenters. The monoisotopic (exact) mass is 221 g/mol. The van der Waals surface area contributed by atoms with Gasteiger partial charge in [0.1, 0.15) is 5.82 Å². The van der Waals surface area contributed by atoms with E-state index in [1.54, 1.807) is 0 Å². The molecule has 1 aromatic heterocycles. The minimum absolute atomic E-state index is 0.709. The number of hydrogen-bond donors (Lipinski definition) is 1. The van der Waals surface area contributed by atoms with Crippen molar-refractivity contribution in [3.63, 3.8) is 0 Å². The highest BCUT2D eigenvalue weighted by Gasteiger charge is 2.08. The van der Waals surface area contributed by atoms with Gasteiger partial charge in [0.25, 0.3) is 0 Å². The van der Waals surface area contributed by atoms with Gasteiger partial charge in [-0.05, 0) is 33.2 Å². The minimum atomic E-state index is 0.709. The van der Waals surface area contributed by atoms with Crippen molar-refractivity contribution in [3.8, 4) is 0 Å². The molecule has 0 saturated carbocycles. The van der Waals surface area contributed by atoms with Gasteiger partial charge in [0.2, 0.25) is 0 Å². The minimum Gasteiger partial charge on any atom is -0.316 e. The first-order chi connectivity index (χ1) is 7.54. The van der Waals surface area contributed by atoms with Crippen LogP contribution in [0.1, 0.15) is 43.0 Å². The molecule has 0 amide bonds. The molecule has 0 unspecified atom stereocenters. The van der Waals surface area contributed by atoms with E-state index in [0.29, 0.717) is 5.92 Å². The first-order valence-corrected chi connectivity index (χ1v) is 6.02. The third-order valence-corrected chi connectivity index (χ3v) is 2.77. The van der Waals surface area contributed by atoms with Crippen LogP contribution in [0.25, 0.3) is 0 Å². The van der Waals surface area contributed by atoms with Gasteiger partial charge in [0, 0.05) is 29.9 Å². The molecule has 1 rings (SSSR count). The number of nitrogens with one attached hydrogen (secondary N) is 1. The summed E-state index contributed by atoms with van der Waals surface area (Å²) in [5, 5.41) is 3.16. The van der Waals surface area contributed by atoms with Crippen molar-refractivity contribution in [2.45, 2.75) is 47.1 Å². The Kier molecular flexibility index (Phi) is 4.87. The molecular weight excluding hydrogens is 198 g/mol. The highest BCUT2D eigenvalue weighted by Crippen LogP contribution is 2.12. The quantitative estimate of drug-likeness (QED) is 0.829. The fourth-order valence-electron chi connectivity index (χ4n) is 1.77. The molecule has 3 heteroatoms. The van der Waals surface area contributed by atoms with Crippen molar-refractivity contribution >= 4 is 0 Å². The van der Waals surface area contributed by atoms with E-state index in [1.807, 2.05) is 7.05 Å².